The fourth-order valence-corrected chi connectivity index (χ4v) is 2.00. The second-order valence-electron chi connectivity index (χ2n) is 3.76. The number of aliphatic hydroxyl groups excluding tert-OH is 3. The molecule has 18 heavy (non-hydrogen) atoms. The van der Waals surface area contributed by atoms with Crippen molar-refractivity contribution in [2.24, 2.45) is 0 Å². The van der Waals surface area contributed by atoms with Crippen LogP contribution < -0.4 is 10.2 Å². The first-order valence-electron chi connectivity index (χ1n) is 5.07. The highest BCUT2D eigenvalue weighted by Crippen LogP contribution is 2.26. The van der Waals surface area contributed by atoms with Crippen LogP contribution >= 0.6 is 8.25 Å². The number of carbonyl (C=O) groups is 1. The fourth-order valence-electron chi connectivity index (χ4n) is 1.65. The predicted octanol–water partition coefficient (Wildman–Crippen LogP) is -3.04. The van der Waals surface area contributed by atoms with Crippen LogP contribution in [0.15, 0.2) is 0 Å². The van der Waals surface area contributed by atoms with Gasteiger partial charge in [0.1, 0.15) is 24.4 Å². The smallest absolute Gasteiger partial charge is 0.491 e. The average Bonchev–Trinajstić information content (AvgIpc) is 2.27. The van der Waals surface area contributed by atoms with E-state index < -0.39 is 51.4 Å². The minimum absolute atomic E-state index is 0.563. The molecule has 1 heterocycles. The molecule has 1 saturated heterocycles. The highest BCUT2D eigenvalue weighted by molar-refractivity contribution is 7.30. The minimum atomic E-state index is -3.28. The predicted molar refractivity (Wildman–Crippen MR) is 54.1 cm³/mol. The highest BCUT2D eigenvalue weighted by Gasteiger charge is 2.47. The summed E-state index contributed by atoms with van der Waals surface area (Å²) in [6.07, 6.45) is -5.72. The van der Waals surface area contributed by atoms with Crippen molar-refractivity contribution in [1.29, 1.82) is 0 Å². The van der Waals surface area contributed by atoms with Crippen molar-refractivity contribution in [3.63, 3.8) is 0 Å². The van der Waals surface area contributed by atoms with E-state index in [-0.39, 0.29) is 0 Å². The lowest BCUT2D eigenvalue weighted by atomic mass is 9.97. The van der Waals surface area contributed by atoms with Crippen molar-refractivity contribution in [2.75, 3.05) is 6.61 Å². The van der Waals surface area contributed by atoms with E-state index in [1.807, 2.05) is 0 Å². The Labute approximate surface area is 103 Å². The lowest BCUT2D eigenvalue weighted by molar-refractivity contribution is -0.264. The molecule has 1 amide bonds. The zero-order valence-electron chi connectivity index (χ0n) is 9.42. The number of hydrogen-bond donors (Lipinski definition) is 4. The van der Waals surface area contributed by atoms with Gasteiger partial charge in [-0.25, -0.2) is 0 Å². The third kappa shape index (κ3) is 3.66. The van der Waals surface area contributed by atoms with Gasteiger partial charge in [-0.2, -0.15) is 0 Å². The maximum atomic E-state index is 10.9. The summed E-state index contributed by atoms with van der Waals surface area (Å²) < 4.78 is 19.8. The lowest BCUT2D eigenvalue weighted by Gasteiger charge is -2.40. The van der Waals surface area contributed by atoms with Crippen LogP contribution in [0.25, 0.3) is 0 Å². The molecule has 9 nitrogen and oxygen atoms in total. The van der Waals surface area contributed by atoms with Crippen LogP contribution in [-0.2, 0) is 18.6 Å². The number of nitrogens with one attached hydrogen (secondary N) is 1. The largest absolute Gasteiger partial charge is 0.566 e. The van der Waals surface area contributed by atoms with Gasteiger partial charge < -0.3 is 30.3 Å². The van der Waals surface area contributed by atoms with Gasteiger partial charge in [-0.15, -0.1) is 4.52 Å². The average molecular weight is 283 g/mol. The Morgan fingerprint density at radius 3 is 2.56 bits per heavy atom. The van der Waals surface area contributed by atoms with E-state index in [0.29, 0.717) is 0 Å². The van der Waals surface area contributed by atoms with Crippen LogP contribution in [0.1, 0.15) is 6.92 Å². The van der Waals surface area contributed by atoms with Crippen molar-refractivity contribution < 1.29 is 38.8 Å². The molecular weight excluding hydrogens is 269 g/mol. The molecule has 104 valence electrons. The van der Waals surface area contributed by atoms with Crippen LogP contribution in [0, 0.1) is 0 Å². The first kappa shape index (κ1) is 15.4. The highest BCUT2D eigenvalue weighted by atomic mass is 31.1. The third-order valence-electron chi connectivity index (χ3n) is 2.44. The van der Waals surface area contributed by atoms with Gasteiger partial charge in [-0.1, -0.05) is 0 Å². The summed E-state index contributed by atoms with van der Waals surface area (Å²) in [5, 5.41) is 30.4. The molecule has 0 aliphatic carbocycles. The molecule has 1 fully saturated rings. The van der Waals surface area contributed by atoms with E-state index in [0.717, 1.165) is 6.92 Å². The third-order valence-corrected chi connectivity index (χ3v) is 2.82. The summed E-state index contributed by atoms with van der Waals surface area (Å²) in [4.78, 5) is 21.4. The fraction of sp³-hybridized carbons (Fsp3) is 0.875. The standard InChI is InChI=1S/C8H14NO8P/c1-3(11)9-5-7(13)6(12)4(2-10)16-8(5)17-18(14)15/h4-8,10,12-13H,2H2,1H3,(H,9,11)/t4-,5-,6+,7-,8?/m1/s1. The molecular formula is C8H14NO8P. The molecule has 0 saturated carbocycles. The van der Waals surface area contributed by atoms with Gasteiger partial charge in [-0.3, -0.25) is 4.79 Å². The summed E-state index contributed by atoms with van der Waals surface area (Å²) in [6, 6.07) is -1.26. The van der Waals surface area contributed by atoms with Crippen LogP contribution in [-0.4, -0.2) is 58.5 Å². The normalized spacial score (nSPS) is 37.2. The number of hydrogen-bond acceptors (Lipinski definition) is 8. The van der Waals surface area contributed by atoms with E-state index in [1.165, 1.54) is 0 Å². The van der Waals surface area contributed by atoms with Gasteiger partial charge >= 0.3 is 8.25 Å². The van der Waals surface area contributed by atoms with Gasteiger partial charge in [0.15, 0.2) is 0 Å². The Kier molecular flexibility index (Phi) is 5.54. The van der Waals surface area contributed by atoms with Crippen LogP contribution in [0.3, 0.4) is 0 Å². The Balaban J connectivity index is 2.86. The van der Waals surface area contributed by atoms with Gasteiger partial charge in [0.2, 0.25) is 12.2 Å². The van der Waals surface area contributed by atoms with E-state index in [9.17, 15) is 24.5 Å². The van der Waals surface area contributed by atoms with Crippen molar-refractivity contribution in [3.05, 3.63) is 0 Å². The zero-order valence-corrected chi connectivity index (χ0v) is 10.3. The van der Waals surface area contributed by atoms with Gasteiger partial charge in [0, 0.05) is 6.92 Å². The van der Waals surface area contributed by atoms with E-state index in [4.69, 9.17) is 9.84 Å². The molecule has 0 bridgehead atoms. The van der Waals surface area contributed by atoms with Gasteiger partial charge in [0.05, 0.1) is 6.61 Å². The molecule has 0 aromatic heterocycles. The second-order valence-corrected chi connectivity index (χ2v) is 4.42. The molecule has 0 aromatic rings. The molecule has 0 radical (unpaired) electrons. The Bertz CT molecular complexity index is 326. The number of rotatable bonds is 4. The summed E-state index contributed by atoms with van der Waals surface area (Å²) >= 11 is 0. The topological polar surface area (TPSA) is 148 Å². The lowest BCUT2D eigenvalue weighted by Crippen LogP contribution is -2.64. The van der Waals surface area contributed by atoms with Crippen molar-refractivity contribution in [3.8, 4) is 0 Å². The summed E-state index contributed by atoms with van der Waals surface area (Å²) in [5.74, 6) is -0.563. The summed E-state index contributed by atoms with van der Waals surface area (Å²) in [6.45, 7) is 0.506. The van der Waals surface area contributed by atoms with Crippen LogP contribution in [0.2, 0.25) is 0 Å². The molecule has 0 aromatic carbocycles. The molecule has 1 rings (SSSR count). The molecule has 1 aliphatic rings. The SMILES string of the molecule is CC(=O)N[C@H]1C(O[P+](=O)[O-])O[C@H](CO)[C@H](O)[C@@H]1O. The summed E-state index contributed by atoms with van der Waals surface area (Å²) in [5.41, 5.74) is 0. The molecule has 10 heteroatoms. The monoisotopic (exact) mass is 283 g/mol. The van der Waals surface area contributed by atoms with Crippen molar-refractivity contribution in [2.45, 2.75) is 37.6 Å². The van der Waals surface area contributed by atoms with Gasteiger partial charge in [-0.05, 0) is 4.57 Å². The van der Waals surface area contributed by atoms with E-state index in [1.54, 1.807) is 0 Å². The van der Waals surface area contributed by atoms with Crippen molar-refractivity contribution >= 4 is 14.2 Å². The quantitative estimate of drug-likeness (QED) is 0.398. The van der Waals surface area contributed by atoms with Crippen molar-refractivity contribution in [1.82, 2.24) is 5.32 Å². The van der Waals surface area contributed by atoms with E-state index >= 15 is 0 Å². The maximum Gasteiger partial charge on any atom is 0.491 e. The number of amides is 1. The molecule has 6 atom stereocenters. The zero-order chi connectivity index (χ0) is 13.9. The van der Waals surface area contributed by atoms with Crippen LogP contribution in [0.5, 0.6) is 0 Å². The first-order chi connectivity index (χ1) is 8.36. The first-order valence-corrected chi connectivity index (χ1v) is 6.17. The Hall–Kier alpha value is -0.670. The van der Waals surface area contributed by atoms with Crippen LogP contribution in [0.4, 0.5) is 0 Å². The molecule has 0 spiro atoms. The summed E-state index contributed by atoms with van der Waals surface area (Å²) in [7, 11) is -3.28. The Morgan fingerprint density at radius 1 is 1.50 bits per heavy atom. The molecule has 2 unspecified atom stereocenters. The Morgan fingerprint density at radius 2 is 2.11 bits per heavy atom. The number of carbonyl (C=O) groups excluding carboxylic acids is 1. The van der Waals surface area contributed by atoms with Gasteiger partial charge in [0.25, 0.3) is 0 Å². The number of ether oxygens (including phenoxy) is 1. The molecule has 4 N–H and O–H groups in total. The second kappa shape index (κ2) is 6.48. The molecule has 1 aliphatic heterocycles. The maximum absolute atomic E-state index is 10.9. The van der Waals surface area contributed by atoms with E-state index in [2.05, 4.69) is 9.84 Å². The minimum Gasteiger partial charge on any atom is -0.566 e. The number of aliphatic hydroxyl groups is 3.